The smallest absolute Gasteiger partial charge is 0.242 e. The molecule has 10 nitrogen and oxygen atoms in total. The van der Waals surface area contributed by atoms with E-state index in [4.69, 9.17) is 14.2 Å². The van der Waals surface area contributed by atoms with Crippen LogP contribution in [0.4, 0.5) is 5.69 Å². The summed E-state index contributed by atoms with van der Waals surface area (Å²) in [6.45, 7) is 4.56. The number of carbonyl (C=O) groups excluding carboxylic acids is 2. The molecule has 1 aliphatic heterocycles. The molecule has 0 bridgehead atoms. The lowest BCUT2D eigenvalue weighted by atomic mass is 10.1. The van der Waals surface area contributed by atoms with E-state index in [9.17, 15) is 18.0 Å². The molecule has 0 saturated heterocycles. The number of nitrogens with zero attached hydrogens (tertiary/aromatic N) is 2. The molecule has 2 aromatic carbocycles. The van der Waals surface area contributed by atoms with Gasteiger partial charge in [0.25, 0.3) is 0 Å². The van der Waals surface area contributed by atoms with Crippen molar-refractivity contribution in [3.8, 4) is 17.2 Å². The fourth-order valence-corrected chi connectivity index (χ4v) is 4.95. The van der Waals surface area contributed by atoms with Crippen molar-refractivity contribution in [2.24, 2.45) is 0 Å². The van der Waals surface area contributed by atoms with Gasteiger partial charge in [0.1, 0.15) is 11.8 Å². The van der Waals surface area contributed by atoms with E-state index in [1.54, 1.807) is 32.2 Å². The number of anilines is 1. The van der Waals surface area contributed by atoms with Crippen LogP contribution in [0.2, 0.25) is 0 Å². The van der Waals surface area contributed by atoms with Crippen molar-refractivity contribution in [3.05, 3.63) is 48.0 Å². The Bertz CT molecular complexity index is 1200. The van der Waals surface area contributed by atoms with Crippen LogP contribution < -0.4 is 23.8 Å². The summed E-state index contributed by atoms with van der Waals surface area (Å²) in [5.41, 5.74) is 1.25. The number of amides is 2. The SMILES string of the molecule is CCCNC(=O)C(C)N(Cc1cccc(OC)c1)C(=O)CCCN(c1ccc2c(c1)OCO2)S(C)(=O)=O. The molecule has 1 unspecified atom stereocenters. The van der Waals surface area contributed by atoms with Crippen LogP contribution in [-0.2, 0) is 26.2 Å². The van der Waals surface area contributed by atoms with Crippen molar-refractivity contribution >= 4 is 27.5 Å². The Kier molecular flexibility index (Phi) is 9.62. The van der Waals surface area contributed by atoms with E-state index in [1.807, 2.05) is 31.2 Å². The van der Waals surface area contributed by atoms with Gasteiger partial charge in [0, 0.05) is 32.1 Å². The highest BCUT2D eigenvalue weighted by Gasteiger charge is 2.27. The Morgan fingerprint density at radius 3 is 2.59 bits per heavy atom. The lowest BCUT2D eigenvalue weighted by molar-refractivity contribution is -0.140. The van der Waals surface area contributed by atoms with Crippen molar-refractivity contribution < 1.29 is 32.2 Å². The van der Waals surface area contributed by atoms with Gasteiger partial charge >= 0.3 is 0 Å². The number of carbonyl (C=O) groups is 2. The fourth-order valence-electron chi connectivity index (χ4n) is 3.99. The van der Waals surface area contributed by atoms with Gasteiger partial charge in [-0.05, 0) is 49.6 Å². The molecular weight excluding hydrogens is 498 g/mol. The first-order valence-corrected chi connectivity index (χ1v) is 14.1. The highest BCUT2D eigenvalue weighted by molar-refractivity contribution is 7.92. The van der Waals surface area contributed by atoms with Crippen LogP contribution in [0.15, 0.2) is 42.5 Å². The fraction of sp³-hybridized carbons (Fsp3) is 0.462. The number of fused-ring (bicyclic) bond motifs is 1. The Morgan fingerprint density at radius 1 is 1.14 bits per heavy atom. The van der Waals surface area contributed by atoms with Crippen LogP contribution in [0.1, 0.15) is 38.7 Å². The van der Waals surface area contributed by atoms with Crippen LogP contribution in [0, 0.1) is 0 Å². The minimum absolute atomic E-state index is 0.0614. The minimum atomic E-state index is -3.62. The van der Waals surface area contributed by atoms with Crippen LogP contribution in [-0.4, -0.2) is 64.4 Å². The quantitative estimate of drug-likeness (QED) is 0.421. The number of rotatable bonds is 13. The number of benzene rings is 2. The molecule has 0 aromatic heterocycles. The number of methoxy groups -OCH3 is 1. The second-order valence-corrected chi connectivity index (χ2v) is 10.7. The molecule has 0 aliphatic carbocycles. The standard InChI is InChI=1S/C26H35N3O7S/c1-5-13-27-26(31)19(2)28(17-20-8-6-9-22(15-20)34-3)25(30)10-7-14-29(37(4,32)33)21-11-12-23-24(16-21)36-18-35-23/h6,8-9,11-12,15-16,19H,5,7,10,13-14,17-18H2,1-4H3,(H,27,31). The zero-order valence-corrected chi connectivity index (χ0v) is 22.5. The summed E-state index contributed by atoms with van der Waals surface area (Å²) in [7, 11) is -2.05. The molecule has 0 saturated carbocycles. The maximum atomic E-state index is 13.4. The van der Waals surface area contributed by atoms with Gasteiger partial charge in [0.05, 0.1) is 19.1 Å². The van der Waals surface area contributed by atoms with E-state index in [0.717, 1.165) is 18.2 Å². The molecular formula is C26H35N3O7S. The highest BCUT2D eigenvalue weighted by atomic mass is 32.2. The van der Waals surface area contributed by atoms with Gasteiger partial charge in [0.15, 0.2) is 11.5 Å². The molecule has 37 heavy (non-hydrogen) atoms. The minimum Gasteiger partial charge on any atom is -0.497 e. The first kappa shape index (κ1) is 28.1. The van der Waals surface area contributed by atoms with Crippen LogP contribution in [0.25, 0.3) is 0 Å². The van der Waals surface area contributed by atoms with Gasteiger partial charge < -0.3 is 24.4 Å². The third kappa shape index (κ3) is 7.51. The van der Waals surface area contributed by atoms with Crippen LogP contribution >= 0.6 is 0 Å². The predicted molar refractivity (Wildman–Crippen MR) is 140 cm³/mol. The van der Waals surface area contributed by atoms with Crippen molar-refractivity contribution in [3.63, 3.8) is 0 Å². The molecule has 1 N–H and O–H groups in total. The molecule has 1 heterocycles. The molecule has 1 aliphatic rings. The summed E-state index contributed by atoms with van der Waals surface area (Å²) in [6, 6.07) is 11.5. The second kappa shape index (κ2) is 12.7. The van der Waals surface area contributed by atoms with Gasteiger partial charge in [-0.1, -0.05) is 19.1 Å². The van der Waals surface area contributed by atoms with Gasteiger partial charge in [-0.25, -0.2) is 8.42 Å². The number of ether oxygens (including phenoxy) is 3. The number of hydrogen-bond donors (Lipinski definition) is 1. The van der Waals surface area contributed by atoms with Gasteiger partial charge in [-0.15, -0.1) is 0 Å². The predicted octanol–water partition coefficient (Wildman–Crippen LogP) is 2.91. The van der Waals surface area contributed by atoms with Crippen molar-refractivity contribution in [1.29, 1.82) is 0 Å². The molecule has 1 atom stereocenters. The van der Waals surface area contributed by atoms with Crippen molar-refractivity contribution in [2.75, 3.05) is 37.6 Å². The maximum Gasteiger partial charge on any atom is 0.242 e. The van der Waals surface area contributed by atoms with E-state index in [0.29, 0.717) is 29.5 Å². The first-order chi connectivity index (χ1) is 17.6. The monoisotopic (exact) mass is 533 g/mol. The summed E-state index contributed by atoms with van der Waals surface area (Å²) in [6.07, 6.45) is 2.22. The molecule has 0 spiro atoms. The Morgan fingerprint density at radius 2 is 1.89 bits per heavy atom. The summed E-state index contributed by atoms with van der Waals surface area (Å²) in [5, 5.41) is 2.84. The maximum absolute atomic E-state index is 13.4. The summed E-state index contributed by atoms with van der Waals surface area (Å²) < 4.78 is 42.3. The van der Waals surface area contributed by atoms with Gasteiger partial charge in [-0.2, -0.15) is 0 Å². The average Bonchev–Trinajstić information content (AvgIpc) is 3.35. The molecule has 0 fully saturated rings. The van der Waals surface area contributed by atoms with E-state index in [2.05, 4.69) is 5.32 Å². The molecule has 202 valence electrons. The zero-order chi connectivity index (χ0) is 27.0. The van der Waals surface area contributed by atoms with E-state index in [-0.39, 0.29) is 44.5 Å². The molecule has 2 amide bonds. The molecule has 2 aromatic rings. The topological polar surface area (TPSA) is 114 Å². The third-order valence-corrected chi connectivity index (χ3v) is 7.19. The number of hydrogen-bond acceptors (Lipinski definition) is 7. The number of nitrogens with one attached hydrogen (secondary N) is 1. The lowest BCUT2D eigenvalue weighted by Gasteiger charge is -2.29. The highest BCUT2D eigenvalue weighted by Crippen LogP contribution is 2.36. The Balaban J connectivity index is 1.73. The largest absolute Gasteiger partial charge is 0.497 e. The first-order valence-electron chi connectivity index (χ1n) is 12.2. The summed E-state index contributed by atoms with van der Waals surface area (Å²) in [4.78, 5) is 27.6. The van der Waals surface area contributed by atoms with Crippen LogP contribution in [0.5, 0.6) is 17.2 Å². The zero-order valence-electron chi connectivity index (χ0n) is 21.7. The van der Waals surface area contributed by atoms with Crippen LogP contribution in [0.3, 0.4) is 0 Å². The normalized spacial score (nSPS) is 13.1. The molecule has 3 rings (SSSR count). The Hall–Kier alpha value is -3.47. The third-order valence-electron chi connectivity index (χ3n) is 6.00. The Labute approximate surface area is 218 Å². The van der Waals surface area contributed by atoms with E-state index >= 15 is 0 Å². The lowest BCUT2D eigenvalue weighted by Crippen LogP contribution is -2.47. The van der Waals surface area contributed by atoms with Gasteiger partial charge in [-0.3, -0.25) is 13.9 Å². The van der Waals surface area contributed by atoms with Gasteiger partial charge in [0.2, 0.25) is 28.6 Å². The van der Waals surface area contributed by atoms with E-state index < -0.39 is 16.1 Å². The number of sulfonamides is 1. The second-order valence-electron chi connectivity index (χ2n) is 8.82. The molecule has 11 heteroatoms. The summed E-state index contributed by atoms with van der Waals surface area (Å²) >= 11 is 0. The van der Waals surface area contributed by atoms with Crippen molar-refractivity contribution in [1.82, 2.24) is 10.2 Å². The van der Waals surface area contributed by atoms with Crippen molar-refractivity contribution in [2.45, 2.75) is 45.7 Å². The summed E-state index contributed by atoms with van der Waals surface area (Å²) in [5.74, 6) is 1.19. The molecule has 0 radical (unpaired) electrons. The van der Waals surface area contributed by atoms with E-state index in [1.165, 1.54) is 9.21 Å². The average molecular weight is 534 g/mol.